The number of benzene rings is 1. The average molecular weight is 331 g/mol. The molecule has 2 saturated heterocycles. The monoisotopic (exact) mass is 330 g/mol. The van der Waals surface area contributed by atoms with Gasteiger partial charge in [-0.05, 0) is 30.4 Å². The molecule has 1 aromatic rings. The van der Waals surface area contributed by atoms with Crippen molar-refractivity contribution >= 4 is 34.6 Å². The Kier molecular flexibility index (Phi) is 4.31. The second-order valence-electron chi connectivity index (χ2n) is 5.15. The van der Waals surface area contributed by atoms with Crippen molar-refractivity contribution in [1.29, 1.82) is 0 Å². The van der Waals surface area contributed by atoms with Crippen LogP contribution in [0.25, 0.3) is 0 Å². The molecular weight excluding hydrogens is 315 g/mol. The molecule has 2 aliphatic heterocycles. The molecule has 2 fully saturated rings. The molecule has 2 aliphatic rings. The molecule has 0 aromatic heterocycles. The number of hydrogen-bond acceptors (Lipinski definition) is 3. The maximum atomic E-state index is 13.1. The normalized spacial score (nSPS) is 20.8. The van der Waals surface area contributed by atoms with E-state index in [0.29, 0.717) is 24.0 Å². The molecule has 7 heteroatoms. The predicted octanol–water partition coefficient (Wildman–Crippen LogP) is 3.01. The number of hydrogen-bond donors (Lipinski definition) is 1. The minimum atomic E-state index is -0.441. The number of nitrogens with one attached hydrogen (secondary N) is 1. The molecule has 0 unspecified atom stereocenters. The molecule has 0 bridgehead atoms. The third-order valence-electron chi connectivity index (χ3n) is 3.80. The van der Waals surface area contributed by atoms with Gasteiger partial charge < -0.3 is 19.7 Å². The zero-order valence-electron chi connectivity index (χ0n) is 11.4. The van der Waals surface area contributed by atoms with Crippen molar-refractivity contribution in [2.75, 3.05) is 31.6 Å². The van der Waals surface area contributed by atoms with Crippen LogP contribution in [0.3, 0.4) is 0 Å². The van der Waals surface area contributed by atoms with Crippen LogP contribution < -0.4 is 5.32 Å². The molecule has 1 N–H and O–H groups in total. The summed E-state index contributed by atoms with van der Waals surface area (Å²) in [6.07, 6.45) is 1.58. The van der Waals surface area contributed by atoms with E-state index in [0.717, 1.165) is 25.9 Å². The molecule has 114 valence electrons. The molecule has 0 radical (unpaired) electrons. The van der Waals surface area contributed by atoms with E-state index in [1.165, 1.54) is 12.1 Å². The number of rotatable bonds is 1. The molecule has 0 aliphatic carbocycles. The van der Waals surface area contributed by atoms with Crippen molar-refractivity contribution in [3.8, 4) is 0 Å². The number of halogens is 2. The van der Waals surface area contributed by atoms with Crippen molar-refractivity contribution < 1.29 is 13.9 Å². The highest BCUT2D eigenvalue weighted by molar-refractivity contribution is 7.80. The van der Waals surface area contributed by atoms with Crippen LogP contribution in [-0.4, -0.2) is 42.1 Å². The minimum absolute atomic E-state index is 0.0770. The van der Waals surface area contributed by atoms with Crippen molar-refractivity contribution in [3.63, 3.8) is 0 Å². The first-order valence-electron chi connectivity index (χ1n) is 6.87. The van der Waals surface area contributed by atoms with Gasteiger partial charge in [0, 0.05) is 31.6 Å². The van der Waals surface area contributed by atoms with E-state index in [-0.39, 0.29) is 5.02 Å². The molecule has 4 nitrogen and oxygen atoms in total. The van der Waals surface area contributed by atoms with Crippen molar-refractivity contribution in [1.82, 2.24) is 4.90 Å². The summed E-state index contributed by atoms with van der Waals surface area (Å²) in [5.41, 5.74) is 0.681. The fourth-order valence-corrected chi connectivity index (χ4v) is 3.09. The molecule has 0 amide bonds. The Balaban J connectivity index is 1.57. The lowest BCUT2D eigenvalue weighted by atomic mass is 10.0. The summed E-state index contributed by atoms with van der Waals surface area (Å²) >= 11 is 11.2. The second kappa shape index (κ2) is 6.04. The maximum Gasteiger partial charge on any atom is 0.173 e. The summed E-state index contributed by atoms with van der Waals surface area (Å²) in [4.78, 5) is 2.06. The summed E-state index contributed by atoms with van der Waals surface area (Å²) in [5, 5.41) is 3.76. The van der Waals surface area contributed by atoms with E-state index in [4.69, 9.17) is 33.3 Å². The number of thiocarbonyl (C=S) groups is 1. The van der Waals surface area contributed by atoms with Gasteiger partial charge in [0.25, 0.3) is 0 Å². The van der Waals surface area contributed by atoms with Crippen LogP contribution in [0.5, 0.6) is 0 Å². The van der Waals surface area contributed by atoms with Gasteiger partial charge in [0.15, 0.2) is 10.9 Å². The Bertz CT molecular complexity index is 542. The quantitative estimate of drug-likeness (QED) is 0.801. The zero-order chi connectivity index (χ0) is 14.9. The Morgan fingerprint density at radius 1 is 1.29 bits per heavy atom. The molecule has 21 heavy (non-hydrogen) atoms. The van der Waals surface area contributed by atoms with Gasteiger partial charge in [-0.3, -0.25) is 0 Å². The molecule has 1 spiro atoms. The number of ether oxygens (including phenoxy) is 2. The first kappa shape index (κ1) is 15.0. The van der Waals surface area contributed by atoms with Crippen LogP contribution in [0.2, 0.25) is 5.02 Å². The van der Waals surface area contributed by atoms with Gasteiger partial charge >= 0.3 is 0 Å². The Morgan fingerprint density at radius 2 is 1.95 bits per heavy atom. The number of piperidine rings is 1. The lowest BCUT2D eigenvalue weighted by Gasteiger charge is -2.38. The van der Waals surface area contributed by atoms with Crippen LogP contribution in [0.15, 0.2) is 18.2 Å². The maximum absolute atomic E-state index is 13.1. The van der Waals surface area contributed by atoms with Crippen molar-refractivity contribution in [2.45, 2.75) is 18.6 Å². The first-order valence-corrected chi connectivity index (χ1v) is 7.66. The Morgan fingerprint density at radius 3 is 2.57 bits per heavy atom. The second-order valence-corrected chi connectivity index (χ2v) is 5.95. The summed E-state index contributed by atoms with van der Waals surface area (Å²) in [7, 11) is 0. The largest absolute Gasteiger partial charge is 0.349 e. The molecule has 2 heterocycles. The summed E-state index contributed by atoms with van der Waals surface area (Å²) in [6.45, 7) is 2.86. The van der Waals surface area contributed by atoms with Gasteiger partial charge in [-0.15, -0.1) is 0 Å². The van der Waals surface area contributed by atoms with Gasteiger partial charge in [-0.1, -0.05) is 11.6 Å². The van der Waals surface area contributed by atoms with Crippen LogP contribution in [-0.2, 0) is 9.47 Å². The highest BCUT2D eigenvalue weighted by Gasteiger charge is 2.40. The van der Waals surface area contributed by atoms with Crippen LogP contribution >= 0.6 is 23.8 Å². The molecule has 0 saturated carbocycles. The number of nitrogens with zero attached hydrogens (tertiary/aromatic N) is 1. The minimum Gasteiger partial charge on any atom is -0.349 e. The van der Waals surface area contributed by atoms with Gasteiger partial charge in [0.1, 0.15) is 5.82 Å². The predicted molar refractivity (Wildman–Crippen MR) is 83.1 cm³/mol. The standard InChI is InChI=1S/C14H16ClFN2O2S/c15-11-9-10(1-2-12(11)16)17-13(21)18-5-3-14(4-6-18)19-7-8-20-14/h1-2,9H,3-8H2,(H,17,21). The van der Waals surface area contributed by atoms with Gasteiger partial charge in [-0.25, -0.2) is 4.39 Å². The molecular formula is C14H16ClFN2O2S. The number of likely N-dealkylation sites (tertiary alicyclic amines) is 1. The van der Waals surface area contributed by atoms with E-state index in [9.17, 15) is 4.39 Å². The van der Waals surface area contributed by atoms with Gasteiger partial charge in [0.05, 0.1) is 18.2 Å². The van der Waals surface area contributed by atoms with Crippen molar-refractivity contribution in [2.24, 2.45) is 0 Å². The van der Waals surface area contributed by atoms with E-state index in [1.807, 2.05) is 0 Å². The van der Waals surface area contributed by atoms with Crippen molar-refractivity contribution in [3.05, 3.63) is 29.0 Å². The van der Waals surface area contributed by atoms with E-state index in [1.54, 1.807) is 6.07 Å². The van der Waals surface area contributed by atoms with E-state index < -0.39 is 11.6 Å². The zero-order valence-corrected chi connectivity index (χ0v) is 13.0. The first-order chi connectivity index (χ1) is 10.1. The fraction of sp³-hybridized carbons (Fsp3) is 0.500. The van der Waals surface area contributed by atoms with Crippen LogP contribution in [0, 0.1) is 5.82 Å². The van der Waals surface area contributed by atoms with Gasteiger partial charge in [0.2, 0.25) is 0 Å². The lowest BCUT2D eigenvalue weighted by molar-refractivity contribution is -0.180. The summed E-state index contributed by atoms with van der Waals surface area (Å²) in [6, 6.07) is 4.46. The van der Waals surface area contributed by atoms with E-state index >= 15 is 0 Å². The molecule has 3 rings (SSSR count). The Hall–Kier alpha value is -0.950. The van der Waals surface area contributed by atoms with Gasteiger partial charge in [-0.2, -0.15) is 0 Å². The average Bonchev–Trinajstić information content (AvgIpc) is 2.92. The SMILES string of the molecule is Fc1ccc(NC(=S)N2CCC3(CC2)OCCO3)cc1Cl. The lowest BCUT2D eigenvalue weighted by Crippen LogP contribution is -2.48. The highest BCUT2D eigenvalue weighted by Crippen LogP contribution is 2.31. The molecule has 1 aromatic carbocycles. The summed E-state index contributed by atoms with van der Waals surface area (Å²) in [5.74, 6) is -0.853. The summed E-state index contributed by atoms with van der Waals surface area (Å²) < 4.78 is 24.5. The molecule has 0 atom stereocenters. The number of anilines is 1. The highest BCUT2D eigenvalue weighted by atomic mass is 35.5. The fourth-order valence-electron chi connectivity index (χ4n) is 2.61. The topological polar surface area (TPSA) is 33.7 Å². The third-order valence-corrected chi connectivity index (χ3v) is 4.45. The van der Waals surface area contributed by atoms with Crippen LogP contribution in [0.1, 0.15) is 12.8 Å². The van der Waals surface area contributed by atoms with Crippen LogP contribution in [0.4, 0.5) is 10.1 Å². The Labute approximate surface area is 133 Å². The third kappa shape index (κ3) is 3.29. The van der Waals surface area contributed by atoms with E-state index in [2.05, 4.69) is 10.2 Å². The smallest absolute Gasteiger partial charge is 0.173 e.